The molecule has 30 heavy (non-hydrogen) atoms. The number of rotatable bonds is 8. The Balaban J connectivity index is 1.84. The van der Waals surface area contributed by atoms with Crippen LogP contribution in [0.5, 0.6) is 11.5 Å². The van der Waals surface area contributed by atoms with Gasteiger partial charge >= 0.3 is 0 Å². The molecule has 1 aliphatic heterocycles. The molecule has 158 valence electrons. The highest BCUT2D eigenvalue weighted by Crippen LogP contribution is 2.35. The largest absolute Gasteiger partial charge is 0.493 e. The molecule has 1 N–H and O–H groups in total. The maximum atomic E-state index is 12.8. The van der Waals surface area contributed by atoms with Crippen LogP contribution in [0.3, 0.4) is 0 Å². The van der Waals surface area contributed by atoms with Gasteiger partial charge in [-0.25, -0.2) is 0 Å². The molecule has 0 bridgehead atoms. The van der Waals surface area contributed by atoms with Gasteiger partial charge in [0.05, 0.1) is 24.7 Å². The van der Waals surface area contributed by atoms with Gasteiger partial charge in [0.2, 0.25) is 5.91 Å². The fraction of sp³-hybridized carbons (Fsp3) is 0.333. The van der Waals surface area contributed by atoms with Crippen LogP contribution in [0.4, 0.5) is 11.4 Å². The number of carbonyl (C=O) groups excluding carboxylic acids is 2. The summed E-state index contributed by atoms with van der Waals surface area (Å²) in [5, 5.41) is 14.2. The molecule has 1 heterocycles. The van der Waals surface area contributed by atoms with Gasteiger partial charge in [0.25, 0.3) is 11.6 Å². The maximum absolute atomic E-state index is 12.8. The number of hydrogen-bond acceptors (Lipinski definition) is 6. The van der Waals surface area contributed by atoms with Crippen LogP contribution in [-0.4, -0.2) is 41.9 Å². The van der Waals surface area contributed by atoms with E-state index in [1.165, 1.54) is 19.2 Å². The lowest BCUT2D eigenvalue weighted by molar-refractivity contribution is -0.385. The molecule has 9 nitrogen and oxygen atoms in total. The SMILES string of the molecule is CCOc1cc([N+](=O)[O-])c(C(=O)Nc2cccc(CN3CCCC3=O)c2)cc1OC. The normalized spacial score (nSPS) is 13.3. The third-order valence-corrected chi connectivity index (χ3v) is 4.75. The minimum Gasteiger partial charge on any atom is -0.493 e. The summed E-state index contributed by atoms with van der Waals surface area (Å²) in [7, 11) is 1.40. The lowest BCUT2D eigenvalue weighted by Crippen LogP contribution is -2.23. The van der Waals surface area contributed by atoms with Crippen LogP contribution >= 0.6 is 0 Å². The minimum absolute atomic E-state index is 0.113. The van der Waals surface area contributed by atoms with Crippen LogP contribution in [0.15, 0.2) is 36.4 Å². The predicted molar refractivity (Wildman–Crippen MR) is 110 cm³/mol. The summed E-state index contributed by atoms with van der Waals surface area (Å²) in [5.74, 6) is -0.103. The van der Waals surface area contributed by atoms with Crippen molar-refractivity contribution in [3.63, 3.8) is 0 Å². The van der Waals surface area contributed by atoms with Gasteiger partial charge in [0.15, 0.2) is 11.5 Å². The van der Waals surface area contributed by atoms with Crippen LogP contribution < -0.4 is 14.8 Å². The Hall–Kier alpha value is -3.62. The van der Waals surface area contributed by atoms with Crippen LogP contribution in [0.25, 0.3) is 0 Å². The highest BCUT2D eigenvalue weighted by Gasteiger charge is 2.25. The van der Waals surface area contributed by atoms with Gasteiger partial charge in [-0.15, -0.1) is 0 Å². The third-order valence-electron chi connectivity index (χ3n) is 4.75. The summed E-state index contributed by atoms with van der Waals surface area (Å²) >= 11 is 0. The molecule has 1 saturated heterocycles. The van der Waals surface area contributed by atoms with Gasteiger partial charge < -0.3 is 19.7 Å². The molecule has 2 aromatic carbocycles. The number of benzene rings is 2. The number of amides is 2. The van der Waals surface area contributed by atoms with Crippen LogP contribution in [0, 0.1) is 10.1 Å². The Morgan fingerprint density at radius 1 is 1.27 bits per heavy atom. The Bertz CT molecular complexity index is 975. The van der Waals surface area contributed by atoms with Gasteiger partial charge in [-0.05, 0) is 31.0 Å². The first kappa shape index (κ1) is 21.1. The van der Waals surface area contributed by atoms with Crippen molar-refractivity contribution in [3.05, 3.63) is 57.6 Å². The Kier molecular flexibility index (Phi) is 6.51. The van der Waals surface area contributed by atoms with Crippen molar-refractivity contribution in [2.45, 2.75) is 26.3 Å². The molecule has 0 atom stereocenters. The van der Waals surface area contributed by atoms with Crippen LogP contribution in [0.2, 0.25) is 0 Å². The van der Waals surface area contributed by atoms with Gasteiger partial charge in [0.1, 0.15) is 5.56 Å². The van der Waals surface area contributed by atoms with Crippen molar-refractivity contribution in [2.75, 3.05) is 25.6 Å². The number of carbonyl (C=O) groups is 2. The second-order valence-corrected chi connectivity index (χ2v) is 6.78. The summed E-state index contributed by atoms with van der Waals surface area (Å²) < 4.78 is 10.6. The summed E-state index contributed by atoms with van der Waals surface area (Å²) in [6.07, 6.45) is 1.40. The molecule has 0 aliphatic carbocycles. The van der Waals surface area contributed by atoms with Gasteiger partial charge in [-0.2, -0.15) is 0 Å². The summed E-state index contributed by atoms with van der Waals surface area (Å²) in [6.45, 7) is 3.22. The van der Waals surface area contributed by atoms with E-state index in [0.29, 0.717) is 31.8 Å². The molecular formula is C21H23N3O6. The average molecular weight is 413 g/mol. The summed E-state index contributed by atoms with van der Waals surface area (Å²) in [4.78, 5) is 37.3. The number of nitro groups is 1. The highest BCUT2D eigenvalue weighted by molar-refractivity contribution is 6.07. The van der Waals surface area contributed by atoms with Gasteiger partial charge in [-0.3, -0.25) is 19.7 Å². The van der Waals surface area contributed by atoms with Crippen molar-refractivity contribution in [1.82, 2.24) is 4.90 Å². The second-order valence-electron chi connectivity index (χ2n) is 6.78. The molecule has 3 rings (SSSR count). The number of hydrogen-bond donors (Lipinski definition) is 1. The van der Waals surface area contributed by atoms with E-state index in [9.17, 15) is 19.7 Å². The van der Waals surface area contributed by atoms with Crippen molar-refractivity contribution in [1.29, 1.82) is 0 Å². The number of nitrogens with one attached hydrogen (secondary N) is 1. The predicted octanol–water partition coefficient (Wildman–Crippen LogP) is 3.38. The van der Waals surface area contributed by atoms with E-state index < -0.39 is 10.8 Å². The number of ether oxygens (including phenoxy) is 2. The van der Waals surface area contributed by atoms with E-state index in [2.05, 4.69) is 5.32 Å². The monoisotopic (exact) mass is 413 g/mol. The number of anilines is 1. The molecule has 9 heteroatoms. The number of nitrogens with zero attached hydrogens (tertiary/aromatic N) is 2. The smallest absolute Gasteiger partial charge is 0.286 e. The average Bonchev–Trinajstić information content (AvgIpc) is 3.12. The Morgan fingerprint density at radius 3 is 2.70 bits per heavy atom. The van der Waals surface area contributed by atoms with Crippen molar-refractivity contribution in [2.24, 2.45) is 0 Å². The minimum atomic E-state index is -0.641. The van der Waals surface area contributed by atoms with E-state index in [4.69, 9.17) is 9.47 Å². The number of nitro benzene ring substituents is 1. The molecule has 2 aromatic rings. The van der Waals surface area contributed by atoms with Crippen LogP contribution in [0.1, 0.15) is 35.7 Å². The lowest BCUT2D eigenvalue weighted by Gasteiger charge is -2.16. The second kappa shape index (κ2) is 9.25. The molecular weight excluding hydrogens is 390 g/mol. The first-order valence-electron chi connectivity index (χ1n) is 9.60. The van der Waals surface area contributed by atoms with Crippen LogP contribution in [-0.2, 0) is 11.3 Å². The zero-order chi connectivity index (χ0) is 21.7. The summed E-state index contributed by atoms with van der Waals surface area (Å²) in [5.41, 5.74) is 0.823. The highest BCUT2D eigenvalue weighted by atomic mass is 16.6. The van der Waals surface area contributed by atoms with Crippen molar-refractivity contribution in [3.8, 4) is 11.5 Å². The Labute approximate surface area is 173 Å². The number of methoxy groups -OCH3 is 1. The Morgan fingerprint density at radius 2 is 2.07 bits per heavy atom. The molecule has 0 aromatic heterocycles. The van der Waals surface area contributed by atoms with E-state index in [-0.39, 0.29) is 28.7 Å². The van der Waals surface area contributed by atoms with Gasteiger partial charge in [-0.1, -0.05) is 12.1 Å². The fourth-order valence-electron chi connectivity index (χ4n) is 3.35. The molecule has 0 radical (unpaired) electrons. The number of likely N-dealkylation sites (tertiary alicyclic amines) is 1. The standard InChI is InChI=1S/C21H23N3O6/c1-3-30-19-12-17(24(27)28)16(11-18(19)29-2)21(26)22-15-7-4-6-14(10-15)13-23-9-5-8-20(23)25/h4,6-7,10-12H,3,5,8-9,13H2,1-2H3,(H,22,26). The topological polar surface area (TPSA) is 111 Å². The molecule has 0 unspecified atom stereocenters. The lowest BCUT2D eigenvalue weighted by atomic mass is 10.1. The van der Waals surface area contributed by atoms with E-state index in [1.807, 2.05) is 6.07 Å². The maximum Gasteiger partial charge on any atom is 0.286 e. The fourth-order valence-corrected chi connectivity index (χ4v) is 3.35. The zero-order valence-electron chi connectivity index (χ0n) is 16.8. The van der Waals surface area contributed by atoms with Crippen molar-refractivity contribution < 1.29 is 24.0 Å². The molecule has 0 spiro atoms. The molecule has 1 fully saturated rings. The first-order chi connectivity index (χ1) is 14.4. The summed E-state index contributed by atoms with van der Waals surface area (Å²) in [6, 6.07) is 9.55. The van der Waals surface area contributed by atoms with E-state index in [0.717, 1.165) is 12.0 Å². The zero-order valence-corrected chi connectivity index (χ0v) is 16.8. The first-order valence-corrected chi connectivity index (χ1v) is 9.60. The van der Waals surface area contributed by atoms with Gasteiger partial charge in [0, 0.05) is 31.3 Å². The molecule has 2 amide bonds. The quantitative estimate of drug-likeness (QED) is 0.525. The molecule has 1 aliphatic rings. The van der Waals surface area contributed by atoms with Crippen molar-refractivity contribution >= 4 is 23.2 Å². The third kappa shape index (κ3) is 4.68. The van der Waals surface area contributed by atoms with E-state index >= 15 is 0 Å². The molecule has 0 saturated carbocycles. The van der Waals surface area contributed by atoms with E-state index in [1.54, 1.807) is 30.0 Å².